The number of aliphatic hydroxyl groups excluding tert-OH is 1. The monoisotopic (exact) mass is 410 g/mol. The number of aliphatic hydroxyl groups is 1. The van der Waals surface area contributed by atoms with Crippen LogP contribution in [0.5, 0.6) is 0 Å². The summed E-state index contributed by atoms with van der Waals surface area (Å²) in [5.74, 6) is 4.34. The summed E-state index contributed by atoms with van der Waals surface area (Å²) in [6.07, 6.45) is 17.3. The Balaban J connectivity index is 1.50. The summed E-state index contributed by atoms with van der Waals surface area (Å²) in [5.41, 5.74) is 5.41. The van der Waals surface area contributed by atoms with Crippen LogP contribution in [-0.4, -0.2) is 11.2 Å². The van der Waals surface area contributed by atoms with Crippen LogP contribution < -0.4 is 0 Å². The van der Waals surface area contributed by atoms with Crippen molar-refractivity contribution in [3.05, 3.63) is 35.5 Å². The van der Waals surface area contributed by atoms with Gasteiger partial charge in [-0.3, -0.25) is 0 Å². The molecule has 4 rings (SSSR count). The fourth-order valence-electron chi connectivity index (χ4n) is 8.76. The SMILES string of the molecule is C=CC(CC[C@@H](C)[C@H]1CC[C@H]2[C@@H]3CC=C4C[C@@H](O)CC[C@]4(C)[C@H]3CC[C@]12C)=C(C)C. The molecule has 0 radical (unpaired) electrons. The minimum atomic E-state index is -0.0901. The standard InChI is InChI=1S/C29H46O/c1-7-21(19(2)3)9-8-20(4)25-12-13-26-24-11-10-22-18-23(30)14-16-28(22,5)27(24)15-17-29(25,26)6/h7,10,20,23-27,30H,1,8-9,11-18H2,2-6H3/t20-,23+,24+,25-,26+,27+,28+,29-/m1/s1. The first kappa shape index (κ1) is 22.4. The second-order valence-corrected chi connectivity index (χ2v) is 12.1. The zero-order valence-electron chi connectivity index (χ0n) is 20.3. The maximum absolute atomic E-state index is 10.2. The van der Waals surface area contributed by atoms with Crippen LogP contribution in [0.1, 0.15) is 98.8 Å². The van der Waals surface area contributed by atoms with Crippen molar-refractivity contribution in [3.8, 4) is 0 Å². The summed E-state index contributed by atoms with van der Waals surface area (Å²) >= 11 is 0. The van der Waals surface area contributed by atoms with Crippen molar-refractivity contribution < 1.29 is 5.11 Å². The molecule has 0 unspecified atom stereocenters. The van der Waals surface area contributed by atoms with Gasteiger partial charge in [-0.05, 0) is 124 Å². The number of allylic oxidation sites excluding steroid dienone is 4. The third-order valence-corrected chi connectivity index (χ3v) is 10.6. The average molecular weight is 411 g/mol. The molecule has 4 aliphatic carbocycles. The van der Waals surface area contributed by atoms with Crippen molar-refractivity contribution in [2.45, 2.75) is 105 Å². The van der Waals surface area contributed by atoms with Crippen molar-refractivity contribution in [3.63, 3.8) is 0 Å². The minimum Gasteiger partial charge on any atom is -0.393 e. The van der Waals surface area contributed by atoms with E-state index in [-0.39, 0.29) is 6.10 Å². The van der Waals surface area contributed by atoms with Crippen LogP contribution in [0, 0.1) is 40.4 Å². The third-order valence-electron chi connectivity index (χ3n) is 10.6. The molecule has 0 bridgehead atoms. The summed E-state index contributed by atoms with van der Waals surface area (Å²) in [4.78, 5) is 0. The van der Waals surface area contributed by atoms with E-state index < -0.39 is 0 Å². The van der Waals surface area contributed by atoms with Crippen LogP contribution in [0.4, 0.5) is 0 Å². The van der Waals surface area contributed by atoms with Crippen LogP contribution in [0.15, 0.2) is 35.5 Å². The molecule has 3 saturated carbocycles. The van der Waals surface area contributed by atoms with Gasteiger partial charge in [0.05, 0.1) is 6.10 Å². The van der Waals surface area contributed by atoms with E-state index in [1.54, 1.807) is 5.57 Å². The highest BCUT2D eigenvalue weighted by Gasteiger charge is 2.59. The highest BCUT2D eigenvalue weighted by molar-refractivity contribution is 5.25. The lowest BCUT2D eigenvalue weighted by atomic mass is 9.47. The lowest BCUT2D eigenvalue weighted by molar-refractivity contribution is -0.0571. The van der Waals surface area contributed by atoms with E-state index in [4.69, 9.17) is 0 Å². The van der Waals surface area contributed by atoms with Crippen molar-refractivity contribution >= 4 is 0 Å². The highest BCUT2D eigenvalue weighted by Crippen LogP contribution is 2.67. The molecule has 0 aliphatic heterocycles. The molecule has 0 saturated heterocycles. The minimum absolute atomic E-state index is 0.0901. The summed E-state index contributed by atoms with van der Waals surface area (Å²) in [6.45, 7) is 16.3. The molecule has 0 spiro atoms. The van der Waals surface area contributed by atoms with Crippen LogP contribution in [0.3, 0.4) is 0 Å². The molecule has 1 N–H and O–H groups in total. The van der Waals surface area contributed by atoms with Crippen LogP contribution >= 0.6 is 0 Å². The Kier molecular flexibility index (Phi) is 6.17. The molecule has 8 atom stereocenters. The first-order chi connectivity index (χ1) is 14.2. The van der Waals surface area contributed by atoms with Gasteiger partial charge in [0.25, 0.3) is 0 Å². The van der Waals surface area contributed by atoms with E-state index in [1.807, 2.05) is 0 Å². The number of hydrogen-bond acceptors (Lipinski definition) is 1. The van der Waals surface area contributed by atoms with Gasteiger partial charge in [0.15, 0.2) is 0 Å². The Morgan fingerprint density at radius 3 is 2.63 bits per heavy atom. The Morgan fingerprint density at radius 2 is 1.93 bits per heavy atom. The largest absolute Gasteiger partial charge is 0.393 e. The summed E-state index contributed by atoms with van der Waals surface area (Å²) in [6, 6.07) is 0. The van der Waals surface area contributed by atoms with Crippen LogP contribution in [0.25, 0.3) is 0 Å². The van der Waals surface area contributed by atoms with Crippen molar-refractivity contribution in [1.29, 1.82) is 0 Å². The van der Waals surface area contributed by atoms with E-state index in [9.17, 15) is 5.11 Å². The second kappa shape index (κ2) is 8.27. The Bertz CT molecular complexity index is 725. The van der Waals surface area contributed by atoms with E-state index in [0.29, 0.717) is 10.8 Å². The first-order valence-corrected chi connectivity index (χ1v) is 12.9. The van der Waals surface area contributed by atoms with Gasteiger partial charge in [0.1, 0.15) is 0 Å². The molecule has 4 aliphatic rings. The van der Waals surface area contributed by atoms with E-state index in [0.717, 1.165) is 42.4 Å². The summed E-state index contributed by atoms with van der Waals surface area (Å²) < 4.78 is 0. The molecule has 0 aromatic carbocycles. The summed E-state index contributed by atoms with van der Waals surface area (Å²) in [7, 11) is 0. The molecule has 1 nitrogen and oxygen atoms in total. The predicted molar refractivity (Wildman–Crippen MR) is 128 cm³/mol. The van der Waals surface area contributed by atoms with Gasteiger partial charge in [-0.1, -0.05) is 50.6 Å². The van der Waals surface area contributed by atoms with Gasteiger partial charge in [-0.2, -0.15) is 0 Å². The lowest BCUT2D eigenvalue weighted by Gasteiger charge is -2.58. The zero-order chi connectivity index (χ0) is 21.7. The molecule has 0 aromatic rings. The normalized spacial score (nSPS) is 43.7. The number of hydrogen-bond donors (Lipinski definition) is 1. The molecular weight excluding hydrogens is 364 g/mol. The van der Waals surface area contributed by atoms with Crippen molar-refractivity contribution in [2.24, 2.45) is 40.4 Å². The maximum Gasteiger partial charge on any atom is 0.0577 e. The van der Waals surface area contributed by atoms with E-state index in [2.05, 4.69) is 53.3 Å². The van der Waals surface area contributed by atoms with Gasteiger partial charge in [0, 0.05) is 0 Å². The molecular formula is C29H46O. The molecule has 0 aromatic heterocycles. The molecule has 30 heavy (non-hydrogen) atoms. The third kappa shape index (κ3) is 3.58. The first-order valence-electron chi connectivity index (χ1n) is 12.9. The zero-order valence-corrected chi connectivity index (χ0v) is 20.3. The quantitative estimate of drug-likeness (QED) is 0.361. The van der Waals surface area contributed by atoms with E-state index >= 15 is 0 Å². The molecule has 1 heteroatoms. The van der Waals surface area contributed by atoms with Gasteiger partial charge < -0.3 is 5.11 Å². The number of rotatable bonds is 5. The topological polar surface area (TPSA) is 20.2 Å². The predicted octanol–water partition coefficient (Wildman–Crippen LogP) is 7.87. The fourth-order valence-corrected chi connectivity index (χ4v) is 8.76. The molecule has 0 heterocycles. The molecule has 0 amide bonds. The van der Waals surface area contributed by atoms with Crippen LogP contribution in [-0.2, 0) is 0 Å². The lowest BCUT2D eigenvalue weighted by Crippen LogP contribution is -2.50. The second-order valence-electron chi connectivity index (χ2n) is 12.1. The average Bonchev–Trinajstić information content (AvgIpc) is 3.06. The smallest absolute Gasteiger partial charge is 0.0577 e. The van der Waals surface area contributed by atoms with Crippen molar-refractivity contribution in [1.82, 2.24) is 0 Å². The van der Waals surface area contributed by atoms with Gasteiger partial charge in [-0.25, -0.2) is 0 Å². The highest BCUT2D eigenvalue weighted by atomic mass is 16.3. The Hall–Kier alpha value is -0.820. The summed E-state index contributed by atoms with van der Waals surface area (Å²) in [5, 5.41) is 10.2. The van der Waals surface area contributed by atoms with Crippen molar-refractivity contribution in [2.75, 3.05) is 0 Å². The van der Waals surface area contributed by atoms with Gasteiger partial charge >= 0.3 is 0 Å². The van der Waals surface area contributed by atoms with Gasteiger partial charge in [-0.15, -0.1) is 0 Å². The fraction of sp³-hybridized carbons (Fsp3) is 0.793. The molecule has 3 fully saturated rings. The van der Waals surface area contributed by atoms with Crippen LogP contribution in [0.2, 0.25) is 0 Å². The number of fused-ring (bicyclic) bond motifs is 5. The Morgan fingerprint density at radius 1 is 1.17 bits per heavy atom. The molecule has 168 valence electrons. The van der Waals surface area contributed by atoms with Gasteiger partial charge in [0.2, 0.25) is 0 Å². The van der Waals surface area contributed by atoms with E-state index in [1.165, 1.54) is 62.5 Å². The Labute approximate surface area is 186 Å². The maximum atomic E-state index is 10.2.